The van der Waals surface area contributed by atoms with E-state index in [9.17, 15) is 30.2 Å². The van der Waals surface area contributed by atoms with Gasteiger partial charge in [0, 0.05) is 55.9 Å². The summed E-state index contributed by atoms with van der Waals surface area (Å²) >= 11 is 0. The van der Waals surface area contributed by atoms with E-state index in [0.717, 1.165) is 42.4 Å². The third-order valence-corrected chi connectivity index (χ3v) is 12.2. The highest BCUT2D eigenvalue weighted by Crippen LogP contribution is 2.62. The van der Waals surface area contributed by atoms with Gasteiger partial charge in [-0.2, -0.15) is 0 Å². The van der Waals surface area contributed by atoms with Gasteiger partial charge in [-0.3, -0.25) is 14.9 Å². The van der Waals surface area contributed by atoms with E-state index in [1.807, 2.05) is 48.5 Å². The largest absolute Gasteiger partial charge is 0.490 e. The smallest absolute Gasteiger partial charge is 0.269 e. The van der Waals surface area contributed by atoms with E-state index in [0.29, 0.717) is 42.2 Å². The van der Waals surface area contributed by atoms with Gasteiger partial charge < -0.3 is 44.0 Å². The summed E-state index contributed by atoms with van der Waals surface area (Å²) in [6, 6.07) is 20.6. The van der Waals surface area contributed by atoms with Crippen LogP contribution in [-0.4, -0.2) is 101 Å². The van der Waals surface area contributed by atoms with Gasteiger partial charge in [0.1, 0.15) is 30.8 Å². The number of oxime groups is 1. The highest BCUT2D eigenvalue weighted by Gasteiger charge is 2.65. The summed E-state index contributed by atoms with van der Waals surface area (Å²) in [7, 11) is 0. The molecule has 0 unspecified atom stereocenters. The van der Waals surface area contributed by atoms with Crippen molar-refractivity contribution in [2.24, 2.45) is 22.9 Å². The van der Waals surface area contributed by atoms with E-state index in [2.05, 4.69) is 19.2 Å². The summed E-state index contributed by atoms with van der Waals surface area (Å²) in [4.78, 5) is 33.6. The van der Waals surface area contributed by atoms with Crippen LogP contribution in [0.5, 0.6) is 11.5 Å². The van der Waals surface area contributed by atoms with Gasteiger partial charge in [0.2, 0.25) is 11.7 Å². The number of nitrogens with zero attached hydrogens (tertiary/aromatic N) is 3. The summed E-state index contributed by atoms with van der Waals surface area (Å²) in [5.74, 6) is -1.46. The topological polar surface area (TPSA) is 183 Å². The molecule has 3 aromatic rings. The van der Waals surface area contributed by atoms with Gasteiger partial charge >= 0.3 is 0 Å². The lowest BCUT2D eigenvalue weighted by Gasteiger charge is -2.60. The highest BCUT2D eigenvalue weighted by atomic mass is 16.7. The van der Waals surface area contributed by atoms with Crippen LogP contribution in [0.4, 0.5) is 5.69 Å². The average molecular weight is 880 g/mol. The second-order valence-electron chi connectivity index (χ2n) is 16.2. The molecule has 1 heterocycles. The second kappa shape index (κ2) is 23.9. The van der Waals surface area contributed by atoms with E-state index in [-0.39, 0.29) is 82.7 Å². The van der Waals surface area contributed by atoms with Crippen LogP contribution in [0, 0.1) is 27.9 Å². The van der Waals surface area contributed by atoms with Crippen molar-refractivity contribution in [1.82, 2.24) is 4.90 Å². The minimum atomic E-state index is -1.52. The maximum absolute atomic E-state index is 14.9. The number of carbonyl (C=O) groups is 1. The number of allylic oxidation sites excluding steroid dienone is 1. The first kappa shape index (κ1) is 47.8. The minimum Gasteiger partial charge on any atom is -0.490 e. The van der Waals surface area contributed by atoms with E-state index in [4.69, 9.17) is 28.9 Å². The molecular formula is C50H61N3O11. The lowest BCUT2D eigenvalue weighted by atomic mass is 9.55. The number of benzene rings is 3. The molecule has 342 valence electrons. The Labute approximate surface area is 375 Å². The number of rotatable bonds is 26. The van der Waals surface area contributed by atoms with Crippen LogP contribution < -0.4 is 9.47 Å². The van der Waals surface area contributed by atoms with E-state index >= 15 is 0 Å². The summed E-state index contributed by atoms with van der Waals surface area (Å²) in [6.07, 6.45) is 13.2. The average Bonchev–Trinajstić information content (AvgIpc) is 3.31. The van der Waals surface area contributed by atoms with Crippen LogP contribution in [0.3, 0.4) is 0 Å². The van der Waals surface area contributed by atoms with E-state index < -0.39 is 28.6 Å². The van der Waals surface area contributed by atoms with Crippen molar-refractivity contribution in [3.05, 3.63) is 143 Å². The minimum absolute atomic E-state index is 0.00677. The predicted molar refractivity (Wildman–Crippen MR) is 244 cm³/mol. The molecule has 1 saturated carbocycles. The van der Waals surface area contributed by atoms with Crippen LogP contribution in [0.15, 0.2) is 121 Å². The van der Waals surface area contributed by atoms with Gasteiger partial charge in [-0.15, -0.1) is 6.58 Å². The SMILES string of the molecule is C=CCOc1ccc2c(c1)[C@H]1[C@H](CCCCO)[C@@H](CCCCO)C=C3C(=NOCc4ccccc4)C[C@H](N(CCOCCO)C(=O)C=Cc4ccc([N+](=O)[O-])cc4)[C@@](OCC=C)(O2)[C@H]31. The van der Waals surface area contributed by atoms with Crippen molar-refractivity contribution in [2.45, 2.75) is 69.3 Å². The number of fused-ring (bicyclic) bond motifs is 2. The fraction of sp³-hybridized carbons (Fsp3) is 0.440. The Morgan fingerprint density at radius 1 is 0.938 bits per heavy atom. The Balaban J connectivity index is 1.56. The number of aliphatic hydroxyl groups excluding tert-OH is 3. The van der Waals surface area contributed by atoms with Crippen LogP contribution in [-0.2, 0) is 25.7 Å². The zero-order valence-electron chi connectivity index (χ0n) is 36.4. The molecule has 14 heteroatoms. The fourth-order valence-electron chi connectivity index (χ4n) is 9.37. The summed E-state index contributed by atoms with van der Waals surface area (Å²) in [5.41, 5.74) is 3.89. The lowest BCUT2D eigenvalue weighted by molar-refractivity contribution is -0.384. The molecule has 64 heavy (non-hydrogen) atoms. The van der Waals surface area contributed by atoms with Gasteiger partial charge in [-0.05, 0) is 90.6 Å². The number of ether oxygens (including phenoxy) is 4. The maximum Gasteiger partial charge on any atom is 0.269 e. The molecule has 1 aliphatic heterocycles. The van der Waals surface area contributed by atoms with Crippen LogP contribution in [0.2, 0.25) is 0 Å². The van der Waals surface area contributed by atoms with Gasteiger partial charge in [0.05, 0.1) is 43.0 Å². The number of nitro benzene ring substituents is 1. The van der Waals surface area contributed by atoms with Crippen LogP contribution in [0.1, 0.15) is 67.6 Å². The number of amides is 1. The Hall–Kier alpha value is -5.64. The first-order valence-corrected chi connectivity index (χ1v) is 22.2. The Morgan fingerprint density at radius 2 is 1.69 bits per heavy atom. The predicted octanol–water partition coefficient (Wildman–Crippen LogP) is 7.54. The molecule has 3 aliphatic rings. The maximum atomic E-state index is 14.9. The highest BCUT2D eigenvalue weighted by molar-refractivity contribution is 6.03. The van der Waals surface area contributed by atoms with E-state index in [1.54, 1.807) is 35.3 Å². The Morgan fingerprint density at radius 3 is 2.39 bits per heavy atom. The first-order valence-electron chi connectivity index (χ1n) is 22.2. The zero-order valence-corrected chi connectivity index (χ0v) is 36.4. The third kappa shape index (κ3) is 11.5. The normalized spacial score (nSPS) is 22.8. The van der Waals surface area contributed by atoms with Crippen molar-refractivity contribution in [3.8, 4) is 11.5 Å². The summed E-state index contributed by atoms with van der Waals surface area (Å²) in [5, 5.41) is 45.7. The number of nitro groups is 1. The third-order valence-electron chi connectivity index (χ3n) is 12.2. The number of hydrogen-bond donors (Lipinski definition) is 3. The number of carbonyl (C=O) groups excluding carboxylic acids is 1. The van der Waals surface area contributed by atoms with Crippen molar-refractivity contribution < 1.29 is 48.8 Å². The van der Waals surface area contributed by atoms with E-state index in [1.165, 1.54) is 18.2 Å². The van der Waals surface area contributed by atoms with Gasteiger partial charge in [-0.1, -0.05) is 73.1 Å². The van der Waals surface area contributed by atoms with Crippen molar-refractivity contribution in [2.75, 3.05) is 52.8 Å². The number of non-ortho nitro benzene ring substituents is 1. The van der Waals surface area contributed by atoms with Crippen molar-refractivity contribution >= 4 is 23.4 Å². The standard InChI is InChI=1S/C50H61N3O11/c1-3-28-61-40-21-22-45-43(33-40)48-41(15-9-11-26-55)38(14-8-10-25-54)32-42-44(51-63-35-37-12-6-5-7-13-37)34-46(50(64-45,49(42)48)62-29-4-2)52(24-30-60-31-27-56)47(57)23-18-36-16-19-39(20-17-36)53(58)59/h3-7,12-13,16-23,32-33,38,41,46,48-49,54-56H,1-2,8-11,14-15,24-31,34-35H2/t38-,41+,46-,48+,49+,50+/m0/s1. The fourth-order valence-corrected chi connectivity index (χ4v) is 9.37. The van der Waals surface area contributed by atoms with Crippen molar-refractivity contribution in [1.29, 1.82) is 0 Å². The molecule has 0 saturated heterocycles. The van der Waals surface area contributed by atoms with Gasteiger partial charge in [-0.25, -0.2) is 0 Å². The first-order chi connectivity index (χ1) is 31.3. The number of aliphatic hydroxyl groups is 3. The molecule has 14 nitrogen and oxygen atoms in total. The molecule has 0 spiro atoms. The van der Waals surface area contributed by atoms with Gasteiger partial charge in [0.15, 0.2) is 0 Å². The number of hydrogen-bond acceptors (Lipinski definition) is 12. The quantitative estimate of drug-likeness (QED) is 0.0238. The summed E-state index contributed by atoms with van der Waals surface area (Å²) < 4.78 is 26.3. The molecule has 6 atom stereocenters. The molecule has 2 aliphatic carbocycles. The molecule has 0 bridgehead atoms. The van der Waals surface area contributed by atoms with Crippen LogP contribution in [0.25, 0.3) is 6.08 Å². The van der Waals surface area contributed by atoms with Crippen molar-refractivity contribution in [3.63, 3.8) is 0 Å². The Bertz CT molecular complexity index is 2110. The molecule has 0 radical (unpaired) electrons. The molecule has 6 rings (SSSR count). The molecular weight excluding hydrogens is 819 g/mol. The summed E-state index contributed by atoms with van der Waals surface area (Å²) in [6.45, 7) is 8.59. The molecule has 1 fully saturated rings. The molecule has 3 N–H and O–H groups in total. The molecule has 1 amide bonds. The monoisotopic (exact) mass is 879 g/mol. The zero-order chi connectivity index (χ0) is 45.3. The lowest BCUT2D eigenvalue weighted by Crippen LogP contribution is -2.70. The van der Waals surface area contributed by atoms with Gasteiger partial charge in [0.25, 0.3) is 5.69 Å². The second-order valence-corrected chi connectivity index (χ2v) is 16.2. The molecule has 3 aromatic carbocycles. The Kier molecular flexibility index (Phi) is 17.8. The van der Waals surface area contributed by atoms with Crippen LogP contribution >= 0.6 is 0 Å². The number of unbranched alkanes of at least 4 members (excludes halogenated alkanes) is 2. The molecule has 0 aromatic heterocycles.